The first kappa shape index (κ1) is 17.9. The van der Waals surface area contributed by atoms with Crippen LogP contribution in [0.25, 0.3) is 11.3 Å². The summed E-state index contributed by atoms with van der Waals surface area (Å²) in [6, 6.07) is 14.9. The van der Waals surface area contributed by atoms with Crippen LogP contribution in [0.2, 0.25) is 0 Å². The van der Waals surface area contributed by atoms with Crippen molar-refractivity contribution in [3.63, 3.8) is 0 Å². The molecule has 19 heavy (non-hydrogen) atoms. The maximum atomic E-state index is 4.41. The molecule has 2 rings (SSSR count). The largest absolute Gasteiger partial charge is 0.310 e. The van der Waals surface area contributed by atoms with Crippen molar-refractivity contribution in [2.24, 2.45) is 0 Å². The molecule has 1 N–H and O–H groups in total. The highest BCUT2D eigenvalue weighted by atomic mass is 35.5. The van der Waals surface area contributed by atoms with Crippen molar-refractivity contribution in [1.29, 1.82) is 0 Å². The maximum absolute atomic E-state index is 4.41. The van der Waals surface area contributed by atoms with Crippen LogP contribution < -0.4 is 5.32 Å². The first-order chi connectivity index (χ1) is 8.27. The second-order valence-corrected chi connectivity index (χ2v) is 4.41. The number of benzene rings is 1. The first-order valence-electron chi connectivity index (χ1n) is 6.00. The highest BCUT2D eigenvalue weighted by Crippen LogP contribution is 2.21. The van der Waals surface area contributed by atoms with E-state index in [1.54, 1.807) is 0 Å². The Labute approximate surface area is 127 Å². The van der Waals surface area contributed by atoms with Gasteiger partial charge >= 0.3 is 0 Å². The lowest BCUT2D eigenvalue weighted by Crippen LogP contribution is -2.22. The Morgan fingerprint density at radius 1 is 1.00 bits per heavy atom. The Kier molecular flexibility index (Phi) is 8.41. The lowest BCUT2D eigenvalue weighted by atomic mass is 10.0. The summed E-state index contributed by atoms with van der Waals surface area (Å²) in [5, 5.41) is 3.44. The van der Waals surface area contributed by atoms with Crippen molar-refractivity contribution in [3.05, 3.63) is 54.2 Å². The van der Waals surface area contributed by atoms with Crippen LogP contribution in [0.3, 0.4) is 0 Å². The van der Waals surface area contributed by atoms with Gasteiger partial charge in [-0.1, -0.05) is 44.2 Å². The fourth-order valence-electron chi connectivity index (χ4n) is 1.76. The Hall–Kier alpha value is -1.09. The average Bonchev–Trinajstić information content (AvgIpc) is 2.38. The van der Waals surface area contributed by atoms with E-state index in [2.05, 4.69) is 48.4 Å². The first-order valence-corrected chi connectivity index (χ1v) is 6.00. The van der Waals surface area contributed by atoms with Crippen molar-refractivity contribution in [3.8, 4) is 11.3 Å². The molecule has 0 atom stereocenters. The normalized spacial score (nSPS) is 9.63. The molecule has 0 unspecified atom stereocenters. The van der Waals surface area contributed by atoms with Crippen LogP contribution in [-0.2, 0) is 6.54 Å². The van der Waals surface area contributed by atoms with E-state index >= 15 is 0 Å². The van der Waals surface area contributed by atoms with Crippen LogP contribution in [0.4, 0.5) is 0 Å². The Bertz CT molecular complexity index is 473. The zero-order valence-electron chi connectivity index (χ0n) is 11.2. The number of aromatic nitrogens is 1. The van der Waals surface area contributed by atoms with Gasteiger partial charge in [0.05, 0.1) is 5.69 Å². The van der Waals surface area contributed by atoms with Gasteiger partial charge in [-0.15, -0.1) is 24.8 Å². The molecular formula is C15H20Cl2N2. The van der Waals surface area contributed by atoms with Gasteiger partial charge < -0.3 is 5.32 Å². The van der Waals surface area contributed by atoms with E-state index in [9.17, 15) is 0 Å². The van der Waals surface area contributed by atoms with Gasteiger partial charge in [0.15, 0.2) is 0 Å². The minimum Gasteiger partial charge on any atom is -0.310 e. The van der Waals surface area contributed by atoms with Crippen LogP contribution in [0.5, 0.6) is 0 Å². The SMILES string of the molecule is CC(C)NCc1ccccc1-c1ccccn1.Cl.Cl. The Morgan fingerprint density at radius 2 is 1.68 bits per heavy atom. The monoisotopic (exact) mass is 298 g/mol. The third-order valence-corrected chi connectivity index (χ3v) is 2.66. The topological polar surface area (TPSA) is 24.9 Å². The summed E-state index contributed by atoms with van der Waals surface area (Å²) in [5.74, 6) is 0. The van der Waals surface area contributed by atoms with E-state index in [0.717, 1.165) is 12.2 Å². The highest BCUT2D eigenvalue weighted by molar-refractivity contribution is 5.85. The van der Waals surface area contributed by atoms with Gasteiger partial charge in [-0.2, -0.15) is 0 Å². The van der Waals surface area contributed by atoms with Crippen molar-refractivity contribution in [1.82, 2.24) is 10.3 Å². The van der Waals surface area contributed by atoms with Gasteiger partial charge in [-0.3, -0.25) is 4.98 Å². The maximum Gasteiger partial charge on any atom is 0.0705 e. The minimum atomic E-state index is 0. The molecule has 0 saturated heterocycles. The van der Waals surface area contributed by atoms with Crippen LogP contribution >= 0.6 is 24.8 Å². The van der Waals surface area contributed by atoms with Gasteiger partial charge in [0.25, 0.3) is 0 Å². The van der Waals surface area contributed by atoms with Crippen molar-refractivity contribution < 1.29 is 0 Å². The number of nitrogens with zero attached hydrogens (tertiary/aromatic N) is 1. The zero-order chi connectivity index (χ0) is 12.1. The molecule has 0 spiro atoms. The van der Waals surface area contributed by atoms with Crippen molar-refractivity contribution in [2.45, 2.75) is 26.4 Å². The smallest absolute Gasteiger partial charge is 0.0705 e. The molecule has 1 heterocycles. The van der Waals surface area contributed by atoms with Gasteiger partial charge in [0.1, 0.15) is 0 Å². The molecule has 1 aromatic heterocycles. The molecule has 0 fully saturated rings. The summed E-state index contributed by atoms with van der Waals surface area (Å²) < 4.78 is 0. The molecule has 104 valence electrons. The van der Waals surface area contributed by atoms with Gasteiger partial charge in [-0.05, 0) is 17.7 Å². The summed E-state index contributed by atoms with van der Waals surface area (Å²) in [7, 11) is 0. The predicted molar refractivity (Wildman–Crippen MR) is 86.1 cm³/mol. The Morgan fingerprint density at radius 3 is 2.32 bits per heavy atom. The van der Waals surface area contributed by atoms with Crippen LogP contribution in [-0.4, -0.2) is 11.0 Å². The molecule has 0 aliphatic rings. The summed E-state index contributed by atoms with van der Waals surface area (Å²) in [5.41, 5.74) is 3.54. The molecule has 2 nitrogen and oxygen atoms in total. The lowest BCUT2D eigenvalue weighted by Gasteiger charge is -2.12. The van der Waals surface area contributed by atoms with E-state index < -0.39 is 0 Å². The van der Waals surface area contributed by atoms with Crippen LogP contribution in [0.15, 0.2) is 48.7 Å². The number of nitrogens with one attached hydrogen (secondary N) is 1. The van der Waals surface area contributed by atoms with E-state index in [0.29, 0.717) is 6.04 Å². The van der Waals surface area contributed by atoms with Crippen molar-refractivity contribution >= 4 is 24.8 Å². The van der Waals surface area contributed by atoms with E-state index in [1.165, 1.54) is 11.1 Å². The van der Waals surface area contributed by atoms with Gasteiger partial charge in [-0.25, -0.2) is 0 Å². The Balaban J connectivity index is 0.00000162. The van der Waals surface area contributed by atoms with E-state index in [4.69, 9.17) is 0 Å². The highest BCUT2D eigenvalue weighted by Gasteiger charge is 2.05. The van der Waals surface area contributed by atoms with Gasteiger partial charge in [0, 0.05) is 24.3 Å². The quantitative estimate of drug-likeness (QED) is 0.919. The predicted octanol–water partition coefficient (Wildman–Crippen LogP) is 4.09. The summed E-state index contributed by atoms with van der Waals surface area (Å²) in [6.45, 7) is 5.19. The minimum absolute atomic E-state index is 0. The van der Waals surface area contributed by atoms with Crippen molar-refractivity contribution in [2.75, 3.05) is 0 Å². The van der Waals surface area contributed by atoms with E-state index in [-0.39, 0.29) is 24.8 Å². The fraction of sp³-hybridized carbons (Fsp3) is 0.267. The number of rotatable bonds is 4. The summed E-state index contributed by atoms with van der Waals surface area (Å²) in [6.07, 6.45) is 1.84. The molecule has 1 aromatic carbocycles. The summed E-state index contributed by atoms with van der Waals surface area (Å²) in [4.78, 5) is 4.41. The van der Waals surface area contributed by atoms with Crippen LogP contribution in [0, 0.1) is 0 Å². The van der Waals surface area contributed by atoms with Gasteiger partial charge in [0.2, 0.25) is 0 Å². The number of halogens is 2. The standard InChI is InChI=1S/C15H18N2.2ClH/c1-12(2)17-11-13-7-3-4-8-14(13)15-9-5-6-10-16-15;;/h3-10,12,17H,11H2,1-2H3;2*1H. The average molecular weight is 299 g/mol. The molecule has 0 aliphatic carbocycles. The number of pyridine rings is 1. The molecule has 0 radical (unpaired) electrons. The number of hydrogen-bond acceptors (Lipinski definition) is 2. The molecule has 4 heteroatoms. The fourth-order valence-corrected chi connectivity index (χ4v) is 1.76. The molecule has 2 aromatic rings. The zero-order valence-corrected chi connectivity index (χ0v) is 12.8. The third kappa shape index (κ3) is 5.19. The molecule has 0 bridgehead atoms. The van der Waals surface area contributed by atoms with E-state index in [1.807, 2.05) is 24.4 Å². The summed E-state index contributed by atoms with van der Waals surface area (Å²) >= 11 is 0. The molecular weight excluding hydrogens is 279 g/mol. The molecule has 0 saturated carbocycles. The number of hydrogen-bond donors (Lipinski definition) is 1. The second kappa shape index (κ2) is 8.92. The lowest BCUT2D eigenvalue weighted by molar-refractivity contribution is 0.589. The van der Waals surface area contributed by atoms with Crippen LogP contribution in [0.1, 0.15) is 19.4 Å². The second-order valence-electron chi connectivity index (χ2n) is 4.41. The molecule has 0 aliphatic heterocycles. The molecule has 0 amide bonds. The third-order valence-electron chi connectivity index (χ3n) is 2.66.